The minimum atomic E-state index is -0.334. The maximum absolute atomic E-state index is 12.9. The molecule has 1 amide bonds. The zero-order valence-corrected chi connectivity index (χ0v) is 12.5. The van der Waals surface area contributed by atoms with Gasteiger partial charge in [-0.2, -0.15) is 0 Å². The molecule has 2 aromatic rings. The summed E-state index contributed by atoms with van der Waals surface area (Å²) in [6, 6.07) is 13.9. The molecule has 114 valence electrons. The summed E-state index contributed by atoms with van der Waals surface area (Å²) < 4.78 is 18.6. The van der Waals surface area contributed by atoms with Crippen LogP contribution in [0, 0.1) is 12.7 Å². The van der Waals surface area contributed by atoms with Gasteiger partial charge < -0.3 is 9.64 Å². The highest BCUT2D eigenvalue weighted by atomic mass is 19.1. The molecule has 0 spiro atoms. The van der Waals surface area contributed by atoms with Crippen LogP contribution in [-0.4, -0.2) is 30.0 Å². The number of hydrogen-bond donors (Lipinski definition) is 0. The molecule has 1 aliphatic heterocycles. The lowest BCUT2D eigenvalue weighted by atomic mass is 10.1. The van der Waals surface area contributed by atoms with Crippen molar-refractivity contribution in [1.29, 1.82) is 0 Å². The summed E-state index contributed by atoms with van der Waals surface area (Å²) in [4.78, 5) is 13.9. The molecule has 3 rings (SSSR count). The lowest BCUT2D eigenvalue weighted by Gasteiger charge is -2.39. The summed E-state index contributed by atoms with van der Waals surface area (Å²) in [5, 5.41) is 0. The van der Waals surface area contributed by atoms with Crippen LogP contribution >= 0.6 is 0 Å². The molecule has 0 saturated carbocycles. The number of carbonyl (C=O) groups excluding carboxylic acids is 1. The van der Waals surface area contributed by atoms with Gasteiger partial charge in [-0.25, -0.2) is 4.39 Å². The number of hydrogen-bond acceptors (Lipinski definition) is 2. The second kappa shape index (κ2) is 6.28. The Labute approximate surface area is 129 Å². The predicted octanol–water partition coefficient (Wildman–Crippen LogP) is 3.18. The van der Waals surface area contributed by atoms with Gasteiger partial charge in [0.2, 0.25) is 0 Å². The SMILES string of the molecule is Cc1ccc(COC2CN(C(=O)c3ccc(F)cc3)C2)cc1. The molecule has 0 aromatic heterocycles. The summed E-state index contributed by atoms with van der Waals surface area (Å²) in [5.74, 6) is -0.408. The summed E-state index contributed by atoms with van der Waals surface area (Å²) in [6.45, 7) is 3.78. The monoisotopic (exact) mass is 299 g/mol. The van der Waals surface area contributed by atoms with Gasteiger partial charge in [-0.15, -0.1) is 0 Å². The Hall–Kier alpha value is -2.20. The van der Waals surface area contributed by atoms with Crippen molar-refractivity contribution in [3.63, 3.8) is 0 Å². The van der Waals surface area contributed by atoms with E-state index in [0.29, 0.717) is 25.3 Å². The van der Waals surface area contributed by atoms with Crippen LogP contribution in [0.2, 0.25) is 0 Å². The summed E-state index contributed by atoms with van der Waals surface area (Å²) in [7, 11) is 0. The van der Waals surface area contributed by atoms with Gasteiger partial charge in [0.25, 0.3) is 5.91 Å². The molecule has 1 fully saturated rings. The third-order valence-electron chi connectivity index (χ3n) is 3.83. The molecule has 1 heterocycles. The fourth-order valence-corrected chi connectivity index (χ4v) is 2.38. The third kappa shape index (κ3) is 3.34. The van der Waals surface area contributed by atoms with Crippen LogP contribution in [0.15, 0.2) is 48.5 Å². The quantitative estimate of drug-likeness (QED) is 0.868. The molecular formula is C18H18FNO2. The molecule has 1 aliphatic rings. The van der Waals surface area contributed by atoms with Crippen molar-refractivity contribution in [2.45, 2.75) is 19.6 Å². The highest BCUT2D eigenvalue weighted by Crippen LogP contribution is 2.18. The minimum absolute atomic E-state index is 0.0739. The van der Waals surface area contributed by atoms with Gasteiger partial charge in [0.15, 0.2) is 0 Å². The van der Waals surface area contributed by atoms with Gasteiger partial charge in [0.1, 0.15) is 5.82 Å². The Morgan fingerprint density at radius 2 is 1.77 bits per heavy atom. The molecule has 0 N–H and O–H groups in total. The Morgan fingerprint density at radius 1 is 1.14 bits per heavy atom. The van der Waals surface area contributed by atoms with Crippen molar-refractivity contribution in [3.8, 4) is 0 Å². The zero-order chi connectivity index (χ0) is 15.5. The summed E-state index contributed by atoms with van der Waals surface area (Å²) >= 11 is 0. The van der Waals surface area contributed by atoms with Gasteiger partial charge in [-0.1, -0.05) is 29.8 Å². The lowest BCUT2D eigenvalue weighted by Crippen LogP contribution is -2.54. The van der Waals surface area contributed by atoms with E-state index in [1.807, 2.05) is 0 Å². The van der Waals surface area contributed by atoms with Gasteiger partial charge >= 0.3 is 0 Å². The molecule has 3 nitrogen and oxygen atoms in total. The van der Waals surface area contributed by atoms with Gasteiger partial charge in [-0.05, 0) is 36.8 Å². The van der Waals surface area contributed by atoms with Crippen molar-refractivity contribution >= 4 is 5.91 Å². The van der Waals surface area contributed by atoms with Crippen molar-refractivity contribution in [3.05, 3.63) is 71.0 Å². The molecule has 0 aliphatic carbocycles. The Kier molecular flexibility index (Phi) is 4.20. The fraction of sp³-hybridized carbons (Fsp3) is 0.278. The molecule has 0 unspecified atom stereocenters. The number of amides is 1. The average molecular weight is 299 g/mol. The topological polar surface area (TPSA) is 29.5 Å². The van der Waals surface area contributed by atoms with Gasteiger partial charge in [-0.3, -0.25) is 4.79 Å². The molecule has 1 saturated heterocycles. The van der Waals surface area contributed by atoms with E-state index in [4.69, 9.17) is 4.74 Å². The fourth-order valence-electron chi connectivity index (χ4n) is 2.38. The maximum atomic E-state index is 12.9. The Balaban J connectivity index is 1.46. The number of nitrogens with zero attached hydrogens (tertiary/aromatic N) is 1. The van der Waals surface area contributed by atoms with Crippen LogP contribution < -0.4 is 0 Å². The van der Waals surface area contributed by atoms with Crippen LogP contribution in [0.1, 0.15) is 21.5 Å². The van der Waals surface area contributed by atoms with Crippen molar-refractivity contribution < 1.29 is 13.9 Å². The molecule has 0 bridgehead atoms. The van der Waals surface area contributed by atoms with E-state index in [9.17, 15) is 9.18 Å². The normalized spacial score (nSPS) is 14.7. The molecular weight excluding hydrogens is 281 g/mol. The van der Waals surface area contributed by atoms with Crippen LogP contribution in [0.5, 0.6) is 0 Å². The van der Waals surface area contributed by atoms with Crippen molar-refractivity contribution in [2.75, 3.05) is 13.1 Å². The predicted molar refractivity (Wildman–Crippen MR) is 82.1 cm³/mol. The first-order chi connectivity index (χ1) is 10.6. The number of aryl methyl sites for hydroxylation is 1. The first-order valence-corrected chi connectivity index (χ1v) is 7.34. The van der Waals surface area contributed by atoms with E-state index >= 15 is 0 Å². The largest absolute Gasteiger partial charge is 0.370 e. The Morgan fingerprint density at radius 3 is 2.41 bits per heavy atom. The third-order valence-corrected chi connectivity index (χ3v) is 3.83. The number of rotatable bonds is 4. The lowest BCUT2D eigenvalue weighted by molar-refractivity contribution is -0.0503. The number of benzene rings is 2. The maximum Gasteiger partial charge on any atom is 0.254 e. The van der Waals surface area contributed by atoms with E-state index in [-0.39, 0.29) is 17.8 Å². The highest BCUT2D eigenvalue weighted by molar-refractivity contribution is 5.94. The summed E-state index contributed by atoms with van der Waals surface area (Å²) in [6.07, 6.45) is 0.0747. The second-order valence-electron chi connectivity index (χ2n) is 5.64. The van der Waals surface area contributed by atoms with E-state index < -0.39 is 0 Å². The second-order valence-corrected chi connectivity index (χ2v) is 5.64. The van der Waals surface area contributed by atoms with E-state index in [0.717, 1.165) is 5.56 Å². The molecule has 0 atom stereocenters. The number of likely N-dealkylation sites (tertiary alicyclic amines) is 1. The summed E-state index contributed by atoms with van der Waals surface area (Å²) in [5.41, 5.74) is 2.87. The van der Waals surface area contributed by atoms with Crippen molar-refractivity contribution in [2.24, 2.45) is 0 Å². The average Bonchev–Trinajstić information content (AvgIpc) is 2.48. The Bertz CT molecular complexity index is 646. The highest BCUT2D eigenvalue weighted by Gasteiger charge is 2.31. The molecule has 2 aromatic carbocycles. The van der Waals surface area contributed by atoms with Crippen LogP contribution in [-0.2, 0) is 11.3 Å². The van der Waals surface area contributed by atoms with Crippen molar-refractivity contribution in [1.82, 2.24) is 4.90 Å². The first kappa shape index (κ1) is 14.7. The smallest absolute Gasteiger partial charge is 0.254 e. The van der Waals surface area contributed by atoms with Crippen LogP contribution in [0.4, 0.5) is 4.39 Å². The van der Waals surface area contributed by atoms with Gasteiger partial charge in [0.05, 0.1) is 12.7 Å². The van der Waals surface area contributed by atoms with E-state index in [1.54, 1.807) is 4.90 Å². The zero-order valence-electron chi connectivity index (χ0n) is 12.5. The molecule has 0 radical (unpaired) electrons. The first-order valence-electron chi connectivity index (χ1n) is 7.34. The van der Waals surface area contributed by atoms with Gasteiger partial charge in [0, 0.05) is 18.7 Å². The number of ether oxygens (including phenoxy) is 1. The molecule has 22 heavy (non-hydrogen) atoms. The standard InChI is InChI=1S/C18H18FNO2/c1-13-2-4-14(5-3-13)12-22-17-10-20(11-17)18(21)15-6-8-16(19)9-7-15/h2-9,17H,10-12H2,1H3. The van der Waals surface area contributed by atoms with Crippen LogP contribution in [0.25, 0.3) is 0 Å². The minimum Gasteiger partial charge on any atom is -0.370 e. The number of carbonyl (C=O) groups is 1. The van der Waals surface area contributed by atoms with E-state index in [1.165, 1.54) is 29.8 Å². The van der Waals surface area contributed by atoms with E-state index in [2.05, 4.69) is 31.2 Å². The number of halogens is 1. The molecule has 4 heteroatoms. The van der Waals surface area contributed by atoms with Crippen LogP contribution in [0.3, 0.4) is 0 Å².